The number of Topliss-reactive ketones (excluding diaryl/α,β-unsaturated/α-hetero) is 1. The molecule has 1 atom stereocenters. The van der Waals surface area contributed by atoms with Crippen molar-refractivity contribution in [1.29, 1.82) is 0 Å². The topological polar surface area (TPSA) is 22.0 Å². The Morgan fingerprint density at radius 2 is 2.19 bits per heavy atom. The summed E-state index contributed by atoms with van der Waals surface area (Å²) in [6.45, 7) is 4.00. The molecule has 0 aliphatic carbocycles. The number of carbonyl (C=O) groups is 1. The van der Waals surface area contributed by atoms with Crippen molar-refractivity contribution in [2.24, 2.45) is 5.92 Å². The second-order valence-corrected chi connectivity index (χ2v) is 5.47. The molecule has 0 spiro atoms. The third-order valence-corrected chi connectivity index (χ3v) is 4.06. The van der Waals surface area contributed by atoms with Crippen molar-refractivity contribution in [3.63, 3.8) is 0 Å². The van der Waals surface area contributed by atoms with Crippen molar-refractivity contribution in [3.05, 3.63) is 23.0 Å². The van der Waals surface area contributed by atoms with Crippen LogP contribution >= 0.6 is 0 Å². The van der Waals surface area contributed by atoms with Crippen LogP contribution in [0, 0.1) is 5.92 Å². The number of hydrogen-bond acceptors (Lipinski definition) is 1. The van der Waals surface area contributed by atoms with Crippen LogP contribution in [0.2, 0.25) is 0 Å². The molecule has 0 saturated heterocycles. The van der Waals surface area contributed by atoms with Crippen molar-refractivity contribution in [2.75, 3.05) is 0 Å². The van der Waals surface area contributed by atoms with Crippen LogP contribution in [0.3, 0.4) is 0 Å². The molecule has 2 aliphatic heterocycles. The monoisotopic (exact) mass is 217 g/mol. The van der Waals surface area contributed by atoms with Gasteiger partial charge in [0.15, 0.2) is 5.78 Å². The van der Waals surface area contributed by atoms with E-state index in [4.69, 9.17) is 0 Å². The minimum Gasteiger partial charge on any atom is -0.345 e. The molecule has 2 aliphatic rings. The Balaban J connectivity index is 2.09. The first-order valence-corrected chi connectivity index (χ1v) is 6.45. The predicted octanol–water partition coefficient (Wildman–Crippen LogP) is 3.15. The first kappa shape index (κ1) is 10.1. The number of hydrogen-bond donors (Lipinski definition) is 0. The highest BCUT2D eigenvalue weighted by atomic mass is 16.1. The lowest BCUT2D eigenvalue weighted by Gasteiger charge is -2.21. The van der Waals surface area contributed by atoms with Crippen molar-refractivity contribution >= 4 is 5.78 Å². The van der Waals surface area contributed by atoms with Crippen LogP contribution < -0.4 is 0 Å². The van der Waals surface area contributed by atoms with Crippen LogP contribution in [0.15, 0.2) is 6.07 Å². The number of nitrogens with zero attached hydrogens (tertiary/aromatic N) is 1. The molecule has 3 rings (SSSR count). The molecule has 3 heterocycles. The Bertz CT molecular complexity index is 442. The molecular weight excluding hydrogens is 198 g/mol. The minimum absolute atomic E-state index is 0.125. The normalized spacial score (nSPS) is 22.6. The van der Waals surface area contributed by atoms with Gasteiger partial charge < -0.3 is 4.57 Å². The van der Waals surface area contributed by atoms with Gasteiger partial charge in [0.25, 0.3) is 0 Å². The van der Waals surface area contributed by atoms with E-state index in [0.717, 1.165) is 18.4 Å². The molecule has 86 valence electrons. The van der Waals surface area contributed by atoms with E-state index >= 15 is 0 Å². The Morgan fingerprint density at radius 3 is 2.94 bits per heavy atom. The smallest absolute Gasteiger partial charge is 0.167 e. The summed E-state index contributed by atoms with van der Waals surface area (Å²) < 4.78 is 2.47. The zero-order valence-corrected chi connectivity index (χ0v) is 10.1. The predicted molar refractivity (Wildman–Crippen MR) is 63.9 cm³/mol. The van der Waals surface area contributed by atoms with Crippen LogP contribution in [0.5, 0.6) is 0 Å². The van der Waals surface area contributed by atoms with Crippen molar-refractivity contribution in [2.45, 2.75) is 52.0 Å². The maximum atomic E-state index is 12.1. The van der Waals surface area contributed by atoms with Gasteiger partial charge in [0.1, 0.15) is 0 Å². The maximum Gasteiger partial charge on any atom is 0.167 e. The third kappa shape index (κ3) is 1.28. The molecule has 2 heteroatoms. The highest BCUT2D eigenvalue weighted by Gasteiger charge is 2.32. The number of aromatic nitrogens is 1. The SMILES string of the molecule is CC(C)C(=O)c1cc2n3c1CC[C@H]3CCC2. The van der Waals surface area contributed by atoms with Gasteiger partial charge in [-0.05, 0) is 38.2 Å². The van der Waals surface area contributed by atoms with Crippen molar-refractivity contribution in [1.82, 2.24) is 4.57 Å². The van der Waals surface area contributed by atoms with Crippen molar-refractivity contribution < 1.29 is 4.79 Å². The molecule has 0 N–H and O–H groups in total. The van der Waals surface area contributed by atoms with Crippen LogP contribution in [0.1, 0.15) is 60.9 Å². The lowest BCUT2D eigenvalue weighted by atomic mass is 9.97. The van der Waals surface area contributed by atoms with Gasteiger partial charge in [0.05, 0.1) is 0 Å². The standard InChI is InChI=1S/C14H19NO/c1-9(2)14(16)12-8-11-5-3-4-10-6-7-13(12)15(10)11/h8-10H,3-7H2,1-2H3/t10-/m1/s1. The first-order valence-electron chi connectivity index (χ1n) is 6.45. The summed E-state index contributed by atoms with van der Waals surface area (Å²) in [6, 6.07) is 2.87. The lowest BCUT2D eigenvalue weighted by molar-refractivity contribution is 0.0938. The fourth-order valence-electron chi connectivity index (χ4n) is 3.27. The van der Waals surface area contributed by atoms with E-state index in [1.54, 1.807) is 0 Å². The van der Waals surface area contributed by atoms with E-state index in [-0.39, 0.29) is 5.92 Å². The van der Waals surface area contributed by atoms with E-state index in [2.05, 4.69) is 10.6 Å². The number of aryl methyl sites for hydroxylation is 1. The molecule has 1 aromatic rings. The summed E-state index contributed by atoms with van der Waals surface area (Å²) in [6.07, 6.45) is 6.13. The molecule has 1 aromatic heterocycles. The van der Waals surface area contributed by atoms with Crippen LogP contribution in [-0.2, 0) is 12.8 Å². The molecule has 0 unspecified atom stereocenters. The Labute approximate surface area is 96.6 Å². The van der Waals surface area contributed by atoms with E-state index in [1.807, 2.05) is 13.8 Å². The Morgan fingerprint density at radius 1 is 1.38 bits per heavy atom. The van der Waals surface area contributed by atoms with E-state index < -0.39 is 0 Å². The van der Waals surface area contributed by atoms with Gasteiger partial charge in [-0.2, -0.15) is 0 Å². The minimum atomic E-state index is 0.125. The summed E-state index contributed by atoms with van der Waals surface area (Å²) in [5, 5.41) is 0. The molecule has 0 aromatic carbocycles. The van der Waals surface area contributed by atoms with Gasteiger partial charge in [-0.15, -0.1) is 0 Å². The summed E-state index contributed by atoms with van der Waals surface area (Å²) in [4.78, 5) is 12.1. The average molecular weight is 217 g/mol. The van der Waals surface area contributed by atoms with Gasteiger partial charge in [-0.1, -0.05) is 13.8 Å². The van der Waals surface area contributed by atoms with E-state index in [1.165, 1.54) is 30.7 Å². The molecule has 0 saturated carbocycles. The highest BCUT2D eigenvalue weighted by Crippen LogP contribution is 2.39. The second kappa shape index (κ2) is 3.47. The van der Waals surface area contributed by atoms with E-state index in [9.17, 15) is 4.79 Å². The molecule has 0 amide bonds. The fraction of sp³-hybridized carbons (Fsp3) is 0.643. The third-order valence-electron chi connectivity index (χ3n) is 4.06. The summed E-state index contributed by atoms with van der Waals surface area (Å²) in [5.74, 6) is 0.456. The molecule has 0 radical (unpaired) electrons. The summed E-state index contributed by atoms with van der Waals surface area (Å²) >= 11 is 0. The Hall–Kier alpha value is -1.05. The van der Waals surface area contributed by atoms with Gasteiger partial charge >= 0.3 is 0 Å². The zero-order valence-electron chi connectivity index (χ0n) is 10.1. The molecular formula is C14H19NO. The molecule has 16 heavy (non-hydrogen) atoms. The van der Waals surface area contributed by atoms with Crippen LogP contribution in [0.4, 0.5) is 0 Å². The molecule has 0 fully saturated rings. The quantitative estimate of drug-likeness (QED) is 0.697. The number of rotatable bonds is 2. The molecule has 0 bridgehead atoms. The largest absolute Gasteiger partial charge is 0.345 e. The van der Waals surface area contributed by atoms with Gasteiger partial charge in [0.2, 0.25) is 0 Å². The number of carbonyl (C=O) groups excluding carboxylic acids is 1. The lowest BCUT2D eigenvalue weighted by Crippen LogP contribution is -2.13. The first-order chi connectivity index (χ1) is 7.68. The molecule has 2 nitrogen and oxygen atoms in total. The zero-order chi connectivity index (χ0) is 11.3. The van der Waals surface area contributed by atoms with Gasteiger partial charge in [-0.3, -0.25) is 4.79 Å². The van der Waals surface area contributed by atoms with Gasteiger partial charge in [-0.25, -0.2) is 0 Å². The summed E-state index contributed by atoms with van der Waals surface area (Å²) in [7, 11) is 0. The highest BCUT2D eigenvalue weighted by molar-refractivity contribution is 5.99. The van der Waals surface area contributed by atoms with Gasteiger partial charge in [0, 0.05) is 28.9 Å². The fourth-order valence-corrected chi connectivity index (χ4v) is 3.27. The Kier molecular flexibility index (Phi) is 2.20. The number of ketones is 1. The summed E-state index contributed by atoms with van der Waals surface area (Å²) in [5.41, 5.74) is 3.76. The second-order valence-electron chi connectivity index (χ2n) is 5.47. The van der Waals surface area contributed by atoms with Crippen molar-refractivity contribution in [3.8, 4) is 0 Å². The van der Waals surface area contributed by atoms with Crippen LogP contribution in [0.25, 0.3) is 0 Å². The maximum absolute atomic E-state index is 12.1. The van der Waals surface area contributed by atoms with Crippen LogP contribution in [-0.4, -0.2) is 10.4 Å². The van der Waals surface area contributed by atoms with E-state index in [0.29, 0.717) is 11.8 Å². The average Bonchev–Trinajstić information content (AvgIpc) is 2.84.